The predicted octanol–water partition coefficient (Wildman–Crippen LogP) is 4.06. The average molecular weight is 439 g/mol. The SMILES string of the molecule is CCOC(=O)c1sc(NC(=O)C(C#N)=Cc2ccc(OCC)c(OC)c2)c(C#N)c1C. The molecule has 0 fully saturated rings. The van der Waals surface area contributed by atoms with E-state index in [9.17, 15) is 20.1 Å². The molecule has 2 aromatic rings. The van der Waals surface area contributed by atoms with E-state index in [2.05, 4.69) is 5.32 Å². The van der Waals surface area contributed by atoms with E-state index >= 15 is 0 Å². The number of benzene rings is 1. The van der Waals surface area contributed by atoms with Gasteiger partial charge in [0, 0.05) is 0 Å². The molecule has 0 spiro atoms. The zero-order valence-electron chi connectivity index (χ0n) is 17.6. The number of ether oxygens (including phenoxy) is 3. The minimum atomic E-state index is -0.705. The minimum Gasteiger partial charge on any atom is -0.493 e. The van der Waals surface area contributed by atoms with Crippen LogP contribution in [0.1, 0.15) is 40.2 Å². The van der Waals surface area contributed by atoms with E-state index in [4.69, 9.17) is 14.2 Å². The van der Waals surface area contributed by atoms with E-state index < -0.39 is 11.9 Å². The number of hydrogen-bond donors (Lipinski definition) is 1. The Morgan fingerprint density at radius 1 is 1.19 bits per heavy atom. The number of thiophene rings is 1. The third-order valence-corrected chi connectivity index (χ3v) is 5.30. The Bertz CT molecular complexity index is 1110. The normalized spacial score (nSPS) is 10.6. The van der Waals surface area contributed by atoms with Gasteiger partial charge >= 0.3 is 5.97 Å². The molecule has 1 amide bonds. The monoisotopic (exact) mass is 439 g/mol. The molecule has 0 atom stereocenters. The van der Waals surface area contributed by atoms with Gasteiger partial charge in [0.15, 0.2) is 11.5 Å². The van der Waals surface area contributed by atoms with Crippen LogP contribution in [-0.2, 0) is 9.53 Å². The zero-order chi connectivity index (χ0) is 23.0. The first-order valence-corrected chi connectivity index (χ1v) is 10.2. The van der Waals surface area contributed by atoms with Crippen molar-refractivity contribution in [3.05, 3.63) is 45.3 Å². The van der Waals surface area contributed by atoms with Crippen molar-refractivity contribution in [2.75, 3.05) is 25.6 Å². The van der Waals surface area contributed by atoms with Crippen molar-refractivity contribution >= 4 is 34.3 Å². The maximum Gasteiger partial charge on any atom is 0.348 e. The molecule has 0 saturated carbocycles. The van der Waals surface area contributed by atoms with Gasteiger partial charge in [-0.25, -0.2) is 4.79 Å². The molecule has 1 heterocycles. The number of rotatable bonds is 8. The van der Waals surface area contributed by atoms with E-state index in [1.807, 2.05) is 19.1 Å². The molecule has 0 aliphatic rings. The van der Waals surface area contributed by atoms with E-state index in [0.29, 0.717) is 29.2 Å². The molecule has 0 saturated heterocycles. The molecule has 2 rings (SSSR count). The molecule has 0 radical (unpaired) electrons. The van der Waals surface area contributed by atoms with Crippen LogP contribution >= 0.6 is 11.3 Å². The Morgan fingerprint density at radius 3 is 2.52 bits per heavy atom. The van der Waals surface area contributed by atoms with Crippen molar-refractivity contribution < 1.29 is 23.8 Å². The number of esters is 1. The highest BCUT2D eigenvalue weighted by Gasteiger charge is 2.23. The standard InChI is InChI=1S/C22H21N3O5S/c1-5-29-17-8-7-14(10-18(17)28-4)9-15(11-23)20(26)25-21-16(12-24)13(3)19(31-21)22(27)30-6-2/h7-10H,5-6H2,1-4H3,(H,25,26). The van der Waals surface area contributed by atoms with Gasteiger partial charge in [-0.1, -0.05) is 6.07 Å². The number of nitriles is 2. The Labute approximate surface area is 184 Å². The van der Waals surface area contributed by atoms with Gasteiger partial charge in [0.2, 0.25) is 0 Å². The molecule has 1 aromatic carbocycles. The average Bonchev–Trinajstić information content (AvgIpc) is 3.07. The second-order valence-electron chi connectivity index (χ2n) is 6.06. The fraction of sp³-hybridized carbons (Fsp3) is 0.273. The maximum atomic E-state index is 12.7. The van der Waals surface area contributed by atoms with Gasteiger partial charge in [-0.05, 0) is 50.1 Å². The summed E-state index contributed by atoms with van der Waals surface area (Å²) in [6, 6.07) is 8.85. The van der Waals surface area contributed by atoms with Gasteiger partial charge in [-0.2, -0.15) is 10.5 Å². The van der Waals surface area contributed by atoms with Gasteiger partial charge in [0.1, 0.15) is 27.6 Å². The van der Waals surface area contributed by atoms with E-state index in [1.165, 1.54) is 13.2 Å². The molecule has 0 aliphatic carbocycles. The van der Waals surface area contributed by atoms with Crippen LogP contribution < -0.4 is 14.8 Å². The predicted molar refractivity (Wildman–Crippen MR) is 116 cm³/mol. The molecule has 0 unspecified atom stereocenters. The topological polar surface area (TPSA) is 121 Å². The number of carbonyl (C=O) groups excluding carboxylic acids is 2. The molecule has 9 heteroatoms. The van der Waals surface area contributed by atoms with Crippen molar-refractivity contribution in [2.24, 2.45) is 0 Å². The first-order valence-electron chi connectivity index (χ1n) is 9.34. The number of nitrogens with zero attached hydrogens (tertiary/aromatic N) is 2. The summed E-state index contributed by atoms with van der Waals surface area (Å²) in [6.45, 7) is 5.78. The number of nitrogens with one attached hydrogen (secondary N) is 1. The third-order valence-electron chi connectivity index (χ3n) is 4.11. The van der Waals surface area contributed by atoms with Crippen LogP contribution in [0.4, 0.5) is 5.00 Å². The van der Waals surface area contributed by atoms with Crippen molar-refractivity contribution in [3.63, 3.8) is 0 Å². The van der Waals surface area contributed by atoms with Crippen LogP contribution in [0.3, 0.4) is 0 Å². The highest BCUT2D eigenvalue weighted by Crippen LogP contribution is 2.33. The summed E-state index contributed by atoms with van der Waals surface area (Å²) in [4.78, 5) is 25.0. The molecule has 8 nitrogen and oxygen atoms in total. The van der Waals surface area contributed by atoms with E-state index in [0.717, 1.165) is 11.3 Å². The molecule has 0 bridgehead atoms. The highest BCUT2D eigenvalue weighted by atomic mass is 32.1. The zero-order valence-corrected chi connectivity index (χ0v) is 18.4. The van der Waals surface area contributed by atoms with Crippen LogP contribution in [0, 0.1) is 29.6 Å². The molecule has 1 aromatic heterocycles. The van der Waals surface area contributed by atoms with Crippen molar-refractivity contribution in [1.82, 2.24) is 0 Å². The first kappa shape index (κ1) is 23.5. The fourth-order valence-corrected chi connectivity index (χ4v) is 3.71. The van der Waals surface area contributed by atoms with Gasteiger partial charge in [-0.15, -0.1) is 11.3 Å². The third kappa shape index (κ3) is 5.41. The first-order chi connectivity index (χ1) is 14.9. The quantitative estimate of drug-likeness (QED) is 0.374. The van der Waals surface area contributed by atoms with E-state index in [1.54, 1.807) is 32.0 Å². The molecular formula is C22H21N3O5S. The second-order valence-corrected chi connectivity index (χ2v) is 7.08. The second kappa shape index (κ2) is 10.8. The highest BCUT2D eigenvalue weighted by molar-refractivity contribution is 7.18. The summed E-state index contributed by atoms with van der Waals surface area (Å²) in [7, 11) is 1.49. The maximum absolute atomic E-state index is 12.7. The Balaban J connectivity index is 2.34. The summed E-state index contributed by atoms with van der Waals surface area (Å²) < 4.78 is 15.7. The van der Waals surface area contributed by atoms with Crippen LogP contribution in [0.15, 0.2) is 23.8 Å². The molecule has 0 aliphatic heterocycles. The van der Waals surface area contributed by atoms with E-state index in [-0.39, 0.29) is 27.6 Å². The lowest BCUT2D eigenvalue weighted by Gasteiger charge is -2.09. The molecule has 1 N–H and O–H groups in total. The number of carbonyl (C=O) groups is 2. The smallest absolute Gasteiger partial charge is 0.348 e. The van der Waals surface area contributed by atoms with Gasteiger partial charge < -0.3 is 19.5 Å². The van der Waals surface area contributed by atoms with Crippen molar-refractivity contribution in [2.45, 2.75) is 20.8 Å². The molecule has 31 heavy (non-hydrogen) atoms. The van der Waals surface area contributed by atoms with Crippen LogP contribution in [0.5, 0.6) is 11.5 Å². The summed E-state index contributed by atoms with van der Waals surface area (Å²) >= 11 is 0.933. The van der Waals surface area contributed by atoms with Crippen LogP contribution in [0.25, 0.3) is 6.08 Å². The summed E-state index contributed by atoms with van der Waals surface area (Å²) in [6.07, 6.45) is 1.40. The number of methoxy groups -OCH3 is 1. The van der Waals surface area contributed by atoms with Crippen molar-refractivity contribution in [3.8, 4) is 23.6 Å². The van der Waals surface area contributed by atoms with Crippen LogP contribution in [0.2, 0.25) is 0 Å². The lowest BCUT2D eigenvalue weighted by molar-refractivity contribution is -0.112. The number of amides is 1. The molecule has 160 valence electrons. The summed E-state index contributed by atoms with van der Waals surface area (Å²) in [5.41, 5.74) is 0.947. The van der Waals surface area contributed by atoms with Gasteiger partial charge in [0.05, 0.1) is 25.9 Å². The Morgan fingerprint density at radius 2 is 1.94 bits per heavy atom. The summed E-state index contributed by atoms with van der Waals surface area (Å²) in [5, 5.41) is 21.7. The number of anilines is 1. The van der Waals surface area contributed by atoms with Gasteiger partial charge in [0.25, 0.3) is 5.91 Å². The largest absolute Gasteiger partial charge is 0.493 e. The van der Waals surface area contributed by atoms with Crippen LogP contribution in [-0.4, -0.2) is 32.2 Å². The number of hydrogen-bond acceptors (Lipinski definition) is 8. The minimum absolute atomic E-state index is 0.154. The lowest BCUT2D eigenvalue weighted by atomic mass is 10.1. The Hall–Kier alpha value is -3.82. The van der Waals surface area contributed by atoms with Crippen molar-refractivity contribution in [1.29, 1.82) is 10.5 Å². The molecular weight excluding hydrogens is 418 g/mol. The van der Waals surface area contributed by atoms with Gasteiger partial charge in [-0.3, -0.25) is 4.79 Å². The summed E-state index contributed by atoms with van der Waals surface area (Å²) in [5.74, 6) is -0.264. The fourth-order valence-electron chi connectivity index (χ4n) is 2.66. The lowest BCUT2D eigenvalue weighted by Crippen LogP contribution is -2.13. The Kier molecular flexibility index (Phi) is 8.18.